The van der Waals surface area contributed by atoms with E-state index in [1.165, 1.54) is 0 Å². The van der Waals surface area contributed by atoms with Crippen molar-refractivity contribution >= 4 is 5.91 Å². The van der Waals surface area contributed by atoms with Crippen LogP contribution >= 0.6 is 0 Å². The van der Waals surface area contributed by atoms with Crippen LogP contribution in [0.5, 0.6) is 0 Å². The smallest absolute Gasteiger partial charge is 0.233 e. The Kier molecular flexibility index (Phi) is 4.88. The molecular weight excluding hydrogens is 130 g/mol. The maximum Gasteiger partial charge on any atom is 0.233 e. The number of likely N-dealkylation sites (N-methyl/N-ethyl adjacent to an activating group) is 1. The predicted molar refractivity (Wildman–Crippen MR) is 40.6 cm³/mol. The second-order valence-corrected chi connectivity index (χ2v) is 2.36. The Balaban J connectivity index is 3.12. The summed E-state index contributed by atoms with van der Waals surface area (Å²) < 4.78 is 0. The summed E-state index contributed by atoms with van der Waals surface area (Å²) in [5, 5.41) is 2.66. The number of amides is 1. The third kappa shape index (κ3) is 5.53. The molecule has 0 heterocycles. The molecule has 0 aromatic rings. The minimum Gasteiger partial charge on any atom is -0.354 e. The van der Waals surface area contributed by atoms with Crippen molar-refractivity contribution in [1.82, 2.24) is 10.2 Å². The lowest BCUT2D eigenvalue weighted by Crippen LogP contribution is -2.35. The van der Waals surface area contributed by atoms with Gasteiger partial charge in [0, 0.05) is 13.1 Å². The Morgan fingerprint density at radius 3 is 2.60 bits per heavy atom. The first-order valence-corrected chi connectivity index (χ1v) is 3.28. The quantitative estimate of drug-likeness (QED) is 0.513. The molecule has 0 spiro atoms. The van der Waals surface area contributed by atoms with Gasteiger partial charge in [-0.15, -0.1) is 0 Å². The molecule has 0 aliphatic heterocycles. The number of hydrogen-bond donors (Lipinski definition) is 2. The van der Waals surface area contributed by atoms with Crippen molar-refractivity contribution in [3.05, 3.63) is 0 Å². The number of nitrogens with zero attached hydrogens (tertiary/aromatic N) is 1. The number of nitrogens with one attached hydrogen (secondary N) is 1. The van der Waals surface area contributed by atoms with Gasteiger partial charge >= 0.3 is 0 Å². The zero-order valence-corrected chi connectivity index (χ0v) is 6.55. The molecule has 0 aliphatic carbocycles. The molecule has 4 heteroatoms. The van der Waals surface area contributed by atoms with E-state index in [2.05, 4.69) is 5.32 Å². The van der Waals surface area contributed by atoms with Crippen molar-refractivity contribution in [2.75, 3.05) is 33.7 Å². The number of carbonyl (C=O) groups is 1. The van der Waals surface area contributed by atoms with E-state index in [1.807, 2.05) is 19.0 Å². The molecule has 0 aromatic carbocycles. The molecule has 0 atom stereocenters. The van der Waals surface area contributed by atoms with Crippen LogP contribution in [-0.2, 0) is 4.79 Å². The van der Waals surface area contributed by atoms with E-state index in [4.69, 9.17) is 5.73 Å². The molecule has 1 amide bonds. The lowest BCUT2D eigenvalue weighted by molar-refractivity contribution is -0.119. The SMILES string of the molecule is CN(C)CCNC(=O)CN. The van der Waals surface area contributed by atoms with Gasteiger partial charge in [0.15, 0.2) is 0 Å². The molecule has 60 valence electrons. The predicted octanol–water partition coefficient (Wildman–Crippen LogP) is -1.38. The fraction of sp³-hybridized carbons (Fsp3) is 0.833. The Bertz CT molecular complexity index is 103. The molecule has 3 N–H and O–H groups in total. The third-order valence-electron chi connectivity index (χ3n) is 1.07. The molecule has 0 radical (unpaired) electrons. The van der Waals surface area contributed by atoms with Gasteiger partial charge in [0.05, 0.1) is 6.54 Å². The summed E-state index contributed by atoms with van der Waals surface area (Å²) in [5.41, 5.74) is 5.06. The van der Waals surface area contributed by atoms with E-state index >= 15 is 0 Å². The highest BCUT2D eigenvalue weighted by molar-refractivity contribution is 5.77. The van der Waals surface area contributed by atoms with E-state index in [9.17, 15) is 4.79 Å². The van der Waals surface area contributed by atoms with Crippen LogP contribution in [0.4, 0.5) is 0 Å². The summed E-state index contributed by atoms with van der Waals surface area (Å²) in [7, 11) is 3.91. The van der Waals surface area contributed by atoms with E-state index in [0.29, 0.717) is 6.54 Å². The van der Waals surface area contributed by atoms with Crippen LogP contribution < -0.4 is 11.1 Å². The Hall–Kier alpha value is -0.610. The molecule has 0 saturated carbocycles. The van der Waals surface area contributed by atoms with E-state index in [0.717, 1.165) is 6.54 Å². The topological polar surface area (TPSA) is 58.4 Å². The van der Waals surface area contributed by atoms with E-state index < -0.39 is 0 Å². The number of hydrogen-bond acceptors (Lipinski definition) is 3. The van der Waals surface area contributed by atoms with Gasteiger partial charge in [-0.3, -0.25) is 4.79 Å². The number of nitrogens with two attached hydrogens (primary N) is 1. The second kappa shape index (κ2) is 5.20. The van der Waals surface area contributed by atoms with E-state index in [1.54, 1.807) is 0 Å². The van der Waals surface area contributed by atoms with Crippen LogP contribution in [0.3, 0.4) is 0 Å². The molecule has 0 rings (SSSR count). The van der Waals surface area contributed by atoms with Crippen LogP contribution in [0, 0.1) is 0 Å². The second-order valence-electron chi connectivity index (χ2n) is 2.36. The Morgan fingerprint density at radius 2 is 2.20 bits per heavy atom. The first kappa shape index (κ1) is 9.39. The van der Waals surface area contributed by atoms with Gasteiger partial charge in [-0.05, 0) is 14.1 Å². The van der Waals surface area contributed by atoms with Gasteiger partial charge in [0.2, 0.25) is 5.91 Å². The van der Waals surface area contributed by atoms with Crippen LogP contribution in [0.2, 0.25) is 0 Å². The van der Waals surface area contributed by atoms with Crippen molar-refractivity contribution in [2.45, 2.75) is 0 Å². The van der Waals surface area contributed by atoms with Gasteiger partial charge < -0.3 is 16.0 Å². The first-order valence-electron chi connectivity index (χ1n) is 3.28. The molecular formula is C6H15N3O. The molecule has 10 heavy (non-hydrogen) atoms. The lowest BCUT2D eigenvalue weighted by atomic mass is 10.5. The summed E-state index contributed by atoms with van der Waals surface area (Å²) in [6.45, 7) is 1.60. The zero-order valence-electron chi connectivity index (χ0n) is 6.55. The average Bonchev–Trinajstić information content (AvgIpc) is 1.87. The van der Waals surface area contributed by atoms with Gasteiger partial charge in [-0.2, -0.15) is 0 Å². The molecule has 0 saturated heterocycles. The third-order valence-corrected chi connectivity index (χ3v) is 1.07. The van der Waals surface area contributed by atoms with E-state index in [-0.39, 0.29) is 12.5 Å². The minimum atomic E-state index is -0.0955. The Morgan fingerprint density at radius 1 is 1.60 bits per heavy atom. The fourth-order valence-corrected chi connectivity index (χ4v) is 0.491. The molecule has 4 nitrogen and oxygen atoms in total. The summed E-state index contributed by atoms with van der Waals surface area (Å²) in [4.78, 5) is 12.5. The standard InChI is InChI=1S/C6H15N3O/c1-9(2)4-3-8-6(10)5-7/h3-5,7H2,1-2H3,(H,8,10). The van der Waals surface area contributed by atoms with Crippen LogP contribution in [0.25, 0.3) is 0 Å². The van der Waals surface area contributed by atoms with Gasteiger partial charge in [0.25, 0.3) is 0 Å². The zero-order chi connectivity index (χ0) is 7.98. The average molecular weight is 145 g/mol. The normalized spacial score (nSPS) is 10.0. The fourth-order valence-electron chi connectivity index (χ4n) is 0.491. The maximum atomic E-state index is 10.5. The number of rotatable bonds is 4. The van der Waals surface area contributed by atoms with Crippen molar-refractivity contribution in [2.24, 2.45) is 5.73 Å². The molecule has 0 unspecified atom stereocenters. The Labute approximate surface area is 61.4 Å². The van der Waals surface area contributed by atoms with Gasteiger partial charge in [-0.25, -0.2) is 0 Å². The van der Waals surface area contributed by atoms with Crippen LogP contribution in [0.1, 0.15) is 0 Å². The van der Waals surface area contributed by atoms with Crippen LogP contribution in [0.15, 0.2) is 0 Å². The first-order chi connectivity index (χ1) is 4.66. The highest BCUT2D eigenvalue weighted by Crippen LogP contribution is 1.69. The van der Waals surface area contributed by atoms with Crippen LogP contribution in [-0.4, -0.2) is 44.5 Å². The monoisotopic (exact) mass is 145 g/mol. The van der Waals surface area contributed by atoms with Crippen molar-refractivity contribution in [3.63, 3.8) is 0 Å². The molecule has 0 bridgehead atoms. The highest BCUT2D eigenvalue weighted by atomic mass is 16.1. The highest BCUT2D eigenvalue weighted by Gasteiger charge is 1.94. The summed E-state index contributed by atoms with van der Waals surface area (Å²) in [5.74, 6) is -0.0955. The lowest BCUT2D eigenvalue weighted by Gasteiger charge is -2.09. The van der Waals surface area contributed by atoms with Crippen molar-refractivity contribution in [3.8, 4) is 0 Å². The largest absolute Gasteiger partial charge is 0.354 e. The van der Waals surface area contributed by atoms with Gasteiger partial charge in [-0.1, -0.05) is 0 Å². The maximum absolute atomic E-state index is 10.5. The summed E-state index contributed by atoms with van der Waals surface area (Å²) in [6.07, 6.45) is 0. The summed E-state index contributed by atoms with van der Waals surface area (Å²) in [6, 6.07) is 0. The van der Waals surface area contributed by atoms with Crippen molar-refractivity contribution in [1.29, 1.82) is 0 Å². The molecule has 0 aliphatic rings. The minimum absolute atomic E-state index is 0.0768. The van der Waals surface area contributed by atoms with Gasteiger partial charge in [0.1, 0.15) is 0 Å². The number of carbonyl (C=O) groups excluding carboxylic acids is 1. The van der Waals surface area contributed by atoms with Crippen molar-refractivity contribution < 1.29 is 4.79 Å². The summed E-state index contributed by atoms with van der Waals surface area (Å²) >= 11 is 0. The molecule has 0 fully saturated rings. The molecule has 0 aromatic heterocycles.